The molecule has 1 unspecified atom stereocenters. The number of benzene rings is 2. The number of rotatable bonds is 4. The zero-order valence-corrected chi connectivity index (χ0v) is 18.7. The molecule has 2 bridgehead atoms. The molecule has 0 amide bonds. The molecule has 0 aromatic heterocycles. The first-order valence-electron chi connectivity index (χ1n) is 10.8. The molecule has 150 valence electrons. The second kappa shape index (κ2) is 7.10. The summed E-state index contributed by atoms with van der Waals surface area (Å²) in [7, 11) is -0.348. The zero-order chi connectivity index (χ0) is 20.2. The molecule has 1 saturated heterocycles. The highest BCUT2D eigenvalue weighted by Gasteiger charge is 2.61. The molecule has 3 heterocycles. The summed E-state index contributed by atoms with van der Waals surface area (Å²) in [4.78, 5) is 5.14. The first-order valence-corrected chi connectivity index (χ1v) is 12.4. The SMILES string of the molecule is CC1=C(c2ccccc2)P2C[C@@]1(C)[C@H](c1ccccc1)[C@H]2C1=N[C@@H](C(C)C)CO1. The van der Waals surface area contributed by atoms with Gasteiger partial charge in [0, 0.05) is 11.3 Å². The van der Waals surface area contributed by atoms with Crippen LogP contribution in [-0.4, -0.2) is 30.4 Å². The van der Waals surface area contributed by atoms with E-state index in [1.807, 2.05) is 0 Å². The lowest BCUT2D eigenvalue weighted by Gasteiger charge is -2.39. The van der Waals surface area contributed by atoms with Crippen LogP contribution in [0.4, 0.5) is 0 Å². The van der Waals surface area contributed by atoms with Crippen LogP contribution >= 0.6 is 7.92 Å². The Morgan fingerprint density at radius 1 is 1.03 bits per heavy atom. The summed E-state index contributed by atoms with van der Waals surface area (Å²) in [5.74, 6) is 2.01. The van der Waals surface area contributed by atoms with E-state index in [9.17, 15) is 0 Å². The van der Waals surface area contributed by atoms with Crippen LogP contribution in [0.25, 0.3) is 5.31 Å². The van der Waals surface area contributed by atoms with Crippen molar-refractivity contribution in [1.82, 2.24) is 0 Å². The second-order valence-corrected chi connectivity index (χ2v) is 11.6. The van der Waals surface area contributed by atoms with E-state index in [-0.39, 0.29) is 13.3 Å². The van der Waals surface area contributed by atoms with Gasteiger partial charge in [-0.05, 0) is 35.4 Å². The number of nitrogens with zero attached hydrogens (tertiary/aromatic N) is 1. The van der Waals surface area contributed by atoms with Gasteiger partial charge in [0.05, 0.1) is 11.7 Å². The van der Waals surface area contributed by atoms with E-state index >= 15 is 0 Å². The fourth-order valence-electron chi connectivity index (χ4n) is 5.51. The molecule has 3 aliphatic heterocycles. The van der Waals surface area contributed by atoms with E-state index in [1.54, 1.807) is 10.9 Å². The maximum absolute atomic E-state index is 6.32. The van der Waals surface area contributed by atoms with Gasteiger partial charge in [-0.25, -0.2) is 4.99 Å². The Hall–Kier alpha value is -1.92. The minimum Gasteiger partial charge on any atom is -0.478 e. The lowest BCUT2D eigenvalue weighted by molar-refractivity contribution is 0.279. The second-order valence-electron chi connectivity index (χ2n) is 9.31. The number of allylic oxidation sites excluding steroid dienone is 1. The summed E-state index contributed by atoms with van der Waals surface area (Å²) < 4.78 is 6.32. The Labute approximate surface area is 175 Å². The normalized spacial score (nSPS) is 33.3. The number of ether oxygens (including phenoxy) is 1. The standard InChI is InChI=1S/C26H30NOP/c1-17(2)21-15-28-25(27-21)24-22(19-11-7-5-8-12-19)26(4)16-29(24)23(18(26)3)20-13-9-6-10-14-20/h5-14,17,21-22,24H,15-16H2,1-4H3/t21-,22-,24+,26-,29?/m1/s1. The summed E-state index contributed by atoms with van der Waals surface area (Å²) in [6.45, 7) is 10.1. The minimum atomic E-state index is -0.348. The lowest BCUT2D eigenvalue weighted by Crippen LogP contribution is -2.34. The van der Waals surface area contributed by atoms with Gasteiger partial charge in [0.25, 0.3) is 0 Å². The third-order valence-corrected chi connectivity index (χ3v) is 10.6. The van der Waals surface area contributed by atoms with E-state index in [4.69, 9.17) is 9.73 Å². The molecule has 0 radical (unpaired) electrons. The average molecular weight is 404 g/mol. The topological polar surface area (TPSA) is 21.6 Å². The highest BCUT2D eigenvalue weighted by molar-refractivity contribution is 7.71. The van der Waals surface area contributed by atoms with Gasteiger partial charge in [0.15, 0.2) is 5.90 Å². The Morgan fingerprint density at radius 3 is 2.31 bits per heavy atom. The van der Waals surface area contributed by atoms with E-state index in [1.165, 1.54) is 17.3 Å². The van der Waals surface area contributed by atoms with Crippen LogP contribution in [0.2, 0.25) is 0 Å². The summed E-state index contributed by atoms with van der Waals surface area (Å²) in [5.41, 5.74) is 4.98. The van der Waals surface area contributed by atoms with Crippen molar-refractivity contribution >= 4 is 19.1 Å². The van der Waals surface area contributed by atoms with Crippen molar-refractivity contribution in [2.24, 2.45) is 16.3 Å². The summed E-state index contributed by atoms with van der Waals surface area (Å²) in [6.07, 6.45) is 1.25. The van der Waals surface area contributed by atoms with Crippen LogP contribution in [-0.2, 0) is 4.74 Å². The number of hydrogen-bond acceptors (Lipinski definition) is 2. The molecule has 3 aliphatic rings. The van der Waals surface area contributed by atoms with Crippen LogP contribution in [0.1, 0.15) is 44.7 Å². The fraction of sp³-hybridized carbons (Fsp3) is 0.423. The molecule has 0 aliphatic carbocycles. The van der Waals surface area contributed by atoms with Crippen molar-refractivity contribution in [3.63, 3.8) is 0 Å². The average Bonchev–Trinajstić information content (AvgIpc) is 3.39. The largest absolute Gasteiger partial charge is 0.478 e. The maximum atomic E-state index is 6.32. The molecule has 5 rings (SSSR count). The fourth-order valence-corrected chi connectivity index (χ4v) is 9.72. The van der Waals surface area contributed by atoms with Gasteiger partial charge < -0.3 is 4.74 Å². The first-order chi connectivity index (χ1) is 14.0. The Morgan fingerprint density at radius 2 is 1.69 bits per heavy atom. The lowest BCUT2D eigenvalue weighted by atomic mass is 9.68. The zero-order valence-electron chi connectivity index (χ0n) is 17.8. The first kappa shape index (κ1) is 19.1. The van der Waals surface area contributed by atoms with Crippen molar-refractivity contribution < 1.29 is 4.74 Å². The van der Waals surface area contributed by atoms with Crippen LogP contribution in [0.15, 0.2) is 71.2 Å². The molecular formula is C26H30NOP. The predicted octanol–water partition coefficient (Wildman–Crippen LogP) is 6.54. The van der Waals surface area contributed by atoms with Gasteiger partial charge in [-0.3, -0.25) is 0 Å². The van der Waals surface area contributed by atoms with Gasteiger partial charge in [0.1, 0.15) is 6.61 Å². The molecule has 29 heavy (non-hydrogen) atoms. The molecule has 0 saturated carbocycles. The number of aliphatic imine (C=N–C) groups is 1. The Balaban J connectivity index is 1.65. The van der Waals surface area contributed by atoms with Gasteiger partial charge in [0.2, 0.25) is 0 Å². The molecule has 2 nitrogen and oxygen atoms in total. The summed E-state index contributed by atoms with van der Waals surface area (Å²) >= 11 is 0. The summed E-state index contributed by atoms with van der Waals surface area (Å²) in [5, 5.41) is 1.60. The van der Waals surface area contributed by atoms with E-state index in [0.717, 1.165) is 12.5 Å². The highest BCUT2D eigenvalue weighted by atomic mass is 31.1. The molecule has 2 aromatic rings. The molecule has 3 heteroatoms. The van der Waals surface area contributed by atoms with Crippen molar-refractivity contribution in [2.75, 3.05) is 12.8 Å². The summed E-state index contributed by atoms with van der Waals surface area (Å²) in [6, 6.07) is 22.4. The molecule has 0 N–H and O–H groups in total. The van der Waals surface area contributed by atoms with Gasteiger partial charge >= 0.3 is 0 Å². The van der Waals surface area contributed by atoms with Gasteiger partial charge in [-0.15, -0.1) is 0 Å². The van der Waals surface area contributed by atoms with E-state index in [0.29, 0.717) is 23.5 Å². The molecule has 0 spiro atoms. The van der Waals surface area contributed by atoms with Crippen LogP contribution in [0.3, 0.4) is 0 Å². The number of fused-ring (bicyclic) bond motifs is 2. The third-order valence-electron chi connectivity index (χ3n) is 7.26. The Bertz CT molecular complexity index is 965. The highest BCUT2D eigenvalue weighted by Crippen LogP contribution is 2.78. The van der Waals surface area contributed by atoms with Crippen molar-refractivity contribution in [3.8, 4) is 0 Å². The van der Waals surface area contributed by atoms with Crippen LogP contribution in [0, 0.1) is 11.3 Å². The third kappa shape index (κ3) is 2.91. The maximum Gasteiger partial charge on any atom is 0.192 e. The van der Waals surface area contributed by atoms with Crippen molar-refractivity contribution in [1.29, 1.82) is 0 Å². The van der Waals surface area contributed by atoms with E-state index in [2.05, 4.69) is 88.4 Å². The quantitative estimate of drug-likeness (QED) is 0.531. The molecular weight excluding hydrogens is 373 g/mol. The Kier molecular flexibility index (Phi) is 4.67. The monoisotopic (exact) mass is 403 g/mol. The smallest absolute Gasteiger partial charge is 0.192 e. The van der Waals surface area contributed by atoms with E-state index < -0.39 is 0 Å². The van der Waals surface area contributed by atoms with Crippen molar-refractivity contribution in [3.05, 3.63) is 77.4 Å². The molecule has 2 aromatic carbocycles. The molecule has 5 atom stereocenters. The van der Waals surface area contributed by atoms with Gasteiger partial charge in [-0.1, -0.05) is 94.9 Å². The number of hydrogen-bond donors (Lipinski definition) is 0. The molecule has 1 fully saturated rings. The predicted molar refractivity (Wildman–Crippen MR) is 124 cm³/mol. The van der Waals surface area contributed by atoms with Gasteiger partial charge in [-0.2, -0.15) is 0 Å². The van der Waals surface area contributed by atoms with Crippen molar-refractivity contribution in [2.45, 2.75) is 45.3 Å². The van der Waals surface area contributed by atoms with Crippen LogP contribution < -0.4 is 0 Å². The minimum absolute atomic E-state index is 0.171. The van der Waals surface area contributed by atoms with Crippen LogP contribution in [0.5, 0.6) is 0 Å².